The van der Waals surface area contributed by atoms with Crippen LogP contribution in [-0.4, -0.2) is 188 Å². The van der Waals surface area contributed by atoms with Crippen molar-refractivity contribution in [2.45, 2.75) is 13.0 Å². The van der Waals surface area contributed by atoms with Crippen LogP contribution >= 0.6 is 7.60 Å². The van der Waals surface area contributed by atoms with Crippen molar-refractivity contribution >= 4 is 25.5 Å². The standard InChI is InChI=1S/C22H44N5O11P/c1-18(16-28)10-27(17-39(36,37)38)12-19(29)11-23-2-4-24(13-20(30)31)6-8-26(15-22(34)35)9-7-25(5-3-23)14-21(32)33/h18-19,28-29H,2-17H2,1H3,(H,30,31)(H,32,33)(H,34,35)(H2,36,37,38). The molecule has 0 spiro atoms. The first-order chi connectivity index (χ1) is 18.2. The van der Waals surface area contributed by atoms with Gasteiger partial charge in [-0.3, -0.25) is 43.4 Å². The van der Waals surface area contributed by atoms with Crippen molar-refractivity contribution in [1.82, 2.24) is 24.5 Å². The van der Waals surface area contributed by atoms with E-state index in [9.17, 15) is 54.3 Å². The molecule has 0 aromatic heterocycles. The first kappa shape index (κ1) is 35.3. The zero-order chi connectivity index (χ0) is 29.6. The Hall–Kier alpha value is -1.72. The molecule has 228 valence electrons. The Labute approximate surface area is 228 Å². The summed E-state index contributed by atoms with van der Waals surface area (Å²) in [5.41, 5.74) is 0. The summed E-state index contributed by atoms with van der Waals surface area (Å²) < 4.78 is 11.6. The minimum absolute atomic E-state index is 0.0756. The molecule has 7 N–H and O–H groups in total. The highest BCUT2D eigenvalue weighted by Crippen LogP contribution is 2.35. The summed E-state index contributed by atoms with van der Waals surface area (Å²) in [5, 5.41) is 48.0. The highest BCUT2D eigenvalue weighted by molar-refractivity contribution is 7.51. The summed E-state index contributed by atoms with van der Waals surface area (Å²) in [6, 6.07) is 0. The molecule has 16 nitrogen and oxygen atoms in total. The maximum atomic E-state index is 11.6. The number of hydrogen-bond acceptors (Lipinski definition) is 11. The summed E-state index contributed by atoms with van der Waals surface area (Å²) >= 11 is 0. The van der Waals surface area contributed by atoms with E-state index in [2.05, 4.69) is 0 Å². The third-order valence-electron chi connectivity index (χ3n) is 6.21. The van der Waals surface area contributed by atoms with Gasteiger partial charge in [0.15, 0.2) is 0 Å². The fraction of sp³-hybridized carbons (Fsp3) is 0.864. The van der Waals surface area contributed by atoms with E-state index in [4.69, 9.17) is 0 Å². The Bertz CT molecular complexity index is 785. The number of rotatable bonds is 15. The van der Waals surface area contributed by atoms with Gasteiger partial charge in [0.05, 0.1) is 25.7 Å². The molecular weight excluding hydrogens is 541 g/mol. The topological polar surface area (TPSA) is 226 Å². The molecule has 2 atom stereocenters. The zero-order valence-electron chi connectivity index (χ0n) is 22.4. The predicted octanol–water partition coefficient (Wildman–Crippen LogP) is -3.11. The van der Waals surface area contributed by atoms with Crippen molar-refractivity contribution in [2.24, 2.45) is 5.92 Å². The number of hydrogen-bond donors (Lipinski definition) is 7. The van der Waals surface area contributed by atoms with Crippen molar-refractivity contribution in [3.8, 4) is 0 Å². The van der Waals surface area contributed by atoms with Crippen LogP contribution in [0.5, 0.6) is 0 Å². The highest BCUT2D eigenvalue weighted by atomic mass is 31.2. The fourth-order valence-electron chi connectivity index (χ4n) is 4.41. The molecule has 17 heteroatoms. The Morgan fingerprint density at radius 2 is 1.10 bits per heavy atom. The molecule has 1 rings (SSSR count). The smallest absolute Gasteiger partial charge is 0.339 e. The molecule has 1 aliphatic rings. The molecule has 2 unspecified atom stereocenters. The molecule has 1 aliphatic heterocycles. The fourth-order valence-corrected chi connectivity index (χ4v) is 5.16. The summed E-state index contributed by atoms with van der Waals surface area (Å²) in [6.45, 7) is 3.15. The van der Waals surface area contributed by atoms with Gasteiger partial charge in [0, 0.05) is 78.6 Å². The lowest BCUT2D eigenvalue weighted by molar-refractivity contribution is -0.140. The molecule has 0 radical (unpaired) electrons. The average Bonchev–Trinajstić information content (AvgIpc) is 2.78. The van der Waals surface area contributed by atoms with E-state index in [1.54, 1.807) is 21.6 Å². The largest absolute Gasteiger partial charge is 0.480 e. The number of aliphatic hydroxyl groups excluding tert-OH is 2. The van der Waals surface area contributed by atoms with E-state index in [0.717, 1.165) is 0 Å². The molecule has 0 saturated carbocycles. The number of aliphatic carboxylic acids is 3. The Balaban J connectivity index is 3.02. The first-order valence-corrected chi connectivity index (χ1v) is 14.6. The molecule has 39 heavy (non-hydrogen) atoms. The molecule has 1 saturated heterocycles. The van der Waals surface area contributed by atoms with Crippen LogP contribution in [0.4, 0.5) is 0 Å². The minimum atomic E-state index is -4.42. The Kier molecular flexibility index (Phi) is 16.2. The van der Waals surface area contributed by atoms with Crippen LogP contribution in [0.25, 0.3) is 0 Å². The molecule has 1 heterocycles. The average molecular weight is 586 g/mol. The third-order valence-corrected chi connectivity index (χ3v) is 6.98. The monoisotopic (exact) mass is 585 g/mol. The number of carbonyl (C=O) groups is 3. The van der Waals surface area contributed by atoms with E-state index in [1.165, 1.54) is 4.90 Å². The lowest BCUT2D eigenvalue weighted by Gasteiger charge is -2.34. The van der Waals surface area contributed by atoms with E-state index < -0.39 is 37.9 Å². The molecule has 0 bridgehead atoms. The van der Waals surface area contributed by atoms with E-state index in [-0.39, 0.29) is 91.1 Å². The van der Waals surface area contributed by atoms with Crippen LogP contribution < -0.4 is 0 Å². The number of carboxylic acid groups (broad SMARTS) is 3. The highest BCUT2D eigenvalue weighted by Gasteiger charge is 2.25. The van der Waals surface area contributed by atoms with Gasteiger partial charge in [0.2, 0.25) is 0 Å². The second kappa shape index (κ2) is 17.9. The van der Waals surface area contributed by atoms with Crippen LogP contribution in [0.2, 0.25) is 0 Å². The molecule has 0 aromatic rings. The molecule has 0 amide bonds. The van der Waals surface area contributed by atoms with Crippen molar-refractivity contribution in [3.05, 3.63) is 0 Å². The van der Waals surface area contributed by atoms with Crippen LogP contribution in [0.15, 0.2) is 0 Å². The van der Waals surface area contributed by atoms with E-state index in [0.29, 0.717) is 13.1 Å². The summed E-state index contributed by atoms with van der Waals surface area (Å²) in [5.74, 6) is -3.41. The molecule has 0 aromatic carbocycles. The van der Waals surface area contributed by atoms with Gasteiger partial charge >= 0.3 is 25.5 Å². The van der Waals surface area contributed by atoms with Crippen molar-refractivity contribution in [3.63, 3.8) is 0 Å². The quantitative estimate of drug-likeness (QED) is 0.0944. The number of carboxylic acids is 3. The van der Waals surface area contributed by atoms with E-state index >= 15 is 0 Å². The molecular formula is C22H44N5O11P. The van der Waals surface area contributed by atoms with E-state index in [1.807, 2.05) is 4.90 Å². The maximum absolute atomic E-state index is 11.6. The Morgan fingerprint density at radius 3 is 1.41 bits per heavy atom. The van der Waals surface area contributed by atoms with Gasteiger partial charge in [0.25, 0.3) is 0 Å². The predicted molar refractivity (Wildman–Crippen MR) is 139 cm³/mol. The third kappa shape index (κ3) is 17.6. The number of nitrogens with zero attached hydrogens (tertiary/aromatic N) is 5. The molecule has 0 aliphatic carbocycles. The molecule has 1 fully saturated rings. The second-order valence-corrected chi connectivity index (χ2v) is 11.7. The van der Waals surface area contributed by atoms with Gasteiger partial charge in [-0.2, -0.15) is 0 Å². The van der Waals surface area contributed by atoms with Gasteiger partial charge in [-0.15, -0.1) is 0 Å². The minimum Gasteiger partial charge on any atom is -0.480 e. The zero-order valence-corrected chi connectivity index (χ0v) is 23.3. The van der Waals surface area contributed by atoms with Crippen LogP contribution in [0.3, 0.4) is 0 Å². The van der Waals surface area contributed by atoms with Gasteiger partial charge in [-0.25, -0.2) is 0 Å². The lowest BCUT2D eigenvalue weighted by Crippen LogP contribution is -2.50. The lowest BCUT2D eigenvalue weighted by atomic mass is 10.2. The van der Waals surface area contributed by atoms with Gasteiger partial charge in [-0.05, 0) is 5.92 Å². The van der Waals surface area contributed by atoms with Crippen molar-refractivity contribution in [2.75, 3.05) is 105 Å². The van der Waals surface area contributed by atoms with Crippen LogP contribution in [-0.2, 0) is 18.9 Å². The van der Waals surface area contributed by atoms with Crippen LogP contribution in [0.1, 0.15) is 6.92 Å². The SMILES string of the molecule is CC(CO)CN(CC(O)CN1CCN(CC(=O)O)CCN(CC(=O)O)CCN(CC(=O)O)CC1)CP(=O)(O)O. The summed E-state index contributed by atoms with van der Waals surface area (Å²) in [7, 11) is -4.42. The normalized spacial score (nSPS) is 19.7. The first-order valence-electron chi connectivity index (χ1n) is 12.8. The summed E-state index contributed by atoms with van der Waals surface area (Å²) in [4.78, 5) is 61.1. The number of aliphatic hydroxyl groups is 2. The maximum Gasteiger partial charge on any atom is 0.339 e. The van der Waals surface area contributed by atoms with Crippen molar-refractivity contribution in [1.29, 1.82) is 0 Å². The van der Waals surface area contributed by atoms with Gasteiger partial charge in [0.1, 0.15) is 6.29 Å². The number of β-amino-alcohol motifs (C(OH)–C–C–N with tert-alkyl or cyclic N) is 1. The Morgan fingerprint density at radius 1 is 0.744 bits per heavy atom. The van der Waals surface area contributed by atoms with Gasteiger partial charge < -0.3 is 35.3 Å². The second-order valence-electron chi connectivity index (χ2n) is 10.1. The van der Waals surface area contributed by atoms with Crippen molar-refractivity contribution < 1.29 is 54.3 Å². The van der Waals surface area contributed by atoms with Gasteiger partial charge in [-0.1, -0.05) is 6.92 Å². The summed E-state index contributed by atoms with van der Waals surface area (Å²) in [6.07, 6.45) is -1.62. The van der Waals surface area contributed by atoms with Crippen LogP contribution in [0, 0.1) is 5.92 Å².